The van der Waals surface area contributed by atoms with E-state index in [4.69, 9.17) is 9.47 Å². The Kier molecular flexibility index (Phi) is 7.37. The molecule has 0 bridgehead atoms. The van der Waals surface area contributed by atoms with Crippen molar-refractivity contribution < 1.29 is 23.9 Å². The van der Waals surface area contributed by atoms with Crippen LogP contribution < -0.4 is 20.1 Å². The number of ether oxygens (including phenoxy) is 2. The van der Waals surface area contributed by atoms with Crippen molar-refractivity contribution in [2.24, 2.45) is 0 Å². The first kappa shape index (κ1) is 20.0. The Labute approximate surface area is 157 Å². The molecule has 0 heterocycles. The fraction of sp³-hybridized carbons (Fsp3) is 0.250. The molecule has 0 aliphatic heterocycles. The van der Waals surface area contributed by atoms with Gasteiger partial charge in [-0.05, 0) is 42.8 Å². The topological polar surface area (TPSA) is 93.7 Å². The quantitative estimate of drug-likeness (QED) is 0.661. The van der Waals surface area contributed by atoms with Crippen LogP contribution in [0.2, 0.25) is 0 Å². The van der Waals surface area contributed by atoms with E-state index in [1.807, 2.05) is 6.92 Å². The maximum Gasteiger partial charge on any atom is 0.262 e. The minimum Gasteiger partial charge on any atom is -0.493 e. The van der Waals surface area contributed by atoms with E-state index in [0.29, 0.717) is 35.6 Å². The maximum absolute atomic E-state index is 12.1. The van der Waals surface area contributed by atoms with Crippen molar-refractivity contribution in [1.29, 1.82) is 0 Å². The van der Waals surface area contributed by atoms with Gasteiger partial charge in [-0.1, -0.05) is 6.92 Å². The van der Waals surface area contributed by atoms with E-state index < -0.39 is 0 Å². The van der Waals surface area contributed by atoms with Gasteiger partial charge < -0.3 is 20.1 Å². The van der Waals surface area contributed by atoms with E-state index in [9.17, 15) is 14.4 Å². The number of hydrogen-bond acceptors (Lipinski definition) is 5. The molecule has 2 rings (SSSR count). The third-order valence-corrected chi connectivity index (χ3v) is 3.43. The average Bonchev–Trinajstić information content (AvgIpc) is 2.66. The number of carbonyl (C=O) groups excluding carboxylic acids is 3. The lowest BCUT2D eigenvalue weighted by Crippen LogP contribution is -2.20. The minimum absolute atomic E-state index is 0.170. The molecule has 0 saturated heterocycles. The predicted octanol–water partition coefficient (Wildman–Crippen LogP) is 3.26. The Hall–Kier alpha value is -3.35. The molecule has 0 saturated carbocycles. The van der Waals surface area contributed by atoms with E-state index in [0.717, 1.165) is 6.42 Å². The van der Waals surface area contributed by atoms with Gasteiger partial charge in [0, 0.05) is 24.4 Å². The summed E-state index contributed by atoms with van der Waals surface area (Å²) in [5.74, 6) is 0.316. The van der Waals surface area contributed by atoms with Crippen LogP contribution >= 0.6 is 0 Å². The van der Waals surface area contributed by atoms with Gasteiger partial charge in [0.2, 0.25) is 5.91 Å². The lowest BCUT2D eigenvalue weighted by molar-refractivity contribution is -0.118. The Morgan fingerprint density at radius 3 is 2.26 bits per heavy atom. The number of rotatable bonds is 9. The number of hydrogen-bond donors (Lipinski definition) is 2. The van der Waals surface area contributed by atoms with Gasteiger partial charge in [-0.25, -0.2) is 0 Å². The number of benzene rings is 2. The summed E-state index contributed by atoms with van der Waals surface area (Å²) in [6.07, 6.45) is 1.52. The summed E-state index contributed by atoms with van der Waals surface area (Å²) in [5.41, 5.74) is 1.54. The van der Waals surface area contributed by atoms with Crippen LogP contribution in [0.3, 0.4) is 0 Å². The van der Waals surface area contributed by atoms with Crippen LogP contribution in [0, 0.1) is 0 Å². The highest BCUT2D eigenvalue weighted by molar-refractivity contribution is 5.93. The summed E-state index contributed by atoms with van der Waals surface area (Å²) in [6, 6.07) is 11.6. The van der Waals surface area contributed by atoms with Crippen LogP contribution in [0.1, 0.15) is 30.6 Å². The highest BCUT2D eigenvalue weighted by Crippen LogP contribution is 2.24. The zero-order chi connectivity index (χ0) is 19.6. The lowest BCUT2D eigenvalue weighted by Gasteiger charge is -2.11. The maximum atomic E-state index is 12.1. The molecular formula is C20H22N2O5. The van der Waals surface area contributed by atoms with Gasteiger partial charge in [0.1, 0.15) is 11.5 Å². The summed E-state index contributed by atoms with van der Waals surface area (Å²) >= 11 is 0. The molecule has 0 aliphatic rings. The summed E-state index contributed by atoms with van der Waals surface area (Å²) in [4.78, 5) is 34.2. The first-order chi connectivity index (χ1) is 13.0. The van der Waals surface area contributed by atoms with Crippen molar-refractivity contribution in [3.8, 4) is 11.5 Å². The van der Waals surface area contributed by atoms with Crippen molar-refractivity contribution in [2.75, 3.05) is 23.8 Å². The smallest absolute Gasteiger partial charge is 0.262 e. The van der Waals surface area contributed by atoms with Crippen LogP contribution in [0.15, 0.2) is 42.5 Å². The molecule has 7 nitrogen and oxygen atoms in total. The number of nitrogens with one attached hydrogen (secondary N) is 2. The molecule has 0 aliphatic carbocycles. The highest BCUT2D eigenvalue weighted by atomic mass is 16.5. The van der Waals surface area contributed by atoms with E-state index in [1.54, 1.807) is 42.5 Å². The van der Waals surface area contributed by atoms with Crippen LogP contribution in [0.25, 0.3) is 0 Å². The average molecular weight is 370 g/mol. The van der Waals surface area contributed by atoms with Crippen molar-refractivity contribution in [2.45, 2.75) is 20.3 Å². The van der Waals surface area contributed by atoms with E-state index >= 15 is 0 Å². The molecule has 2 aromatic carbocycles. The van der Waals surface area contributed by atoms with E-state index in [1.165, 1.54) is 6.92 Å². The summed E-state index contributed by atoms with van der Waals surface area (Å²) < 4.78 is 11.0. The summed E-state index contributed by atoms with van der Waals surface area (Å²) in [7, 11) is 0. The number of aldehydes is 1. The third kappa shape index (κ3) is 6.47. The first-order valence-corrected chi connectivity index (χ1v) is 8.54. The molecule has 0 aromatic heterocycles. The standard InChI is InChI=1S/C20H22N2O5/c1-3-10-26-18-9-4-15(12-23)19(11-18)27-13-20(25)22-17-7-5-16(6-8-17)21-14(2)24/h4-9,11-12H,3,10,13H2,1-2H3,(H,21,24)(H,22,25). The van der Waals surface area contributed by atoms with E-state index in [-0.39, 0.29) is 24.2 Å². The van der Waals surface area contributed by atoms with Crippen molar-refractivity contribution in [3.05, 3.63) is 48.0 Å². The first-order valence-electron chi connectivity index (χ1n) is 8.54. The fourth-order valence-electron chi connectivity index (χ4n) is 2.23. The normalized spacial score (nSPS) is 10.0. The monoisotopic (exact) mass is 370 g/mol. The Bertz CT molecular complexity index is 803. The van der Waals surface area contributed by atoms with Gasteiger partial charge in [-0.3, -0.25) is 14.4 Å². The van der Waals surface area contributed by atoms with Crippen molar-refractivity contribution in [1.82, 2.24) is 0 Å². The van der Waals surface area contributed by atoms with Gasteiger partial charge in [-0.2, -0.15) is 0 Å². The summed E-state index contributed by atoms with van der Waals surface area (Å²) in [5, 5.41) is 5.33. The molecule has 27 heavy (non-hydrogen) atoms. The van der Waals surface area contributed by atoms with Crippen LogP contribution in [-0.4, -0.2) is 31.3 Å². The van der Waals surface area contributed by atoms with Gasteiger partial charge >= 0.3 is 0 Å². The predicted molar refractivity (Wildman–Crippen MR) is 102 cm³/mol. The number of carbonyl (C=O) groups is 3. The second-order valence-corrected chi connectivity index (χ2v) is 5.76. The molecule has 0 fully saturated rings. The van der Waals surface area contributed by atoms with E-state index in [2.05, 4.69) is 10.6 Å². The van der Waals surface area contributed by atoms with Crippen LogP contribution in [0.4, 0.5) is 11.4 Å². The van der Waals surface area contributed by atoms with Gasteiger partial charge in [0.25, 0.3) is 5.91 Å². The minimum atomic E-state index is -0.376. The Morgan fingerprint density at radius 2 is 1.67 bits per heavy atom. The molecule has 7 heteroatoms. The molecule has 0 radical (unpaired) electrons. The fourth-order valence-corrected chi connectivity index (χ4v) is 2.23. The van der Waals surface area contributed by atoms with Gasteiger partial charge in [0.05, 0.1) is 12.2 Å². The zero-order valence-electron chi connectivity index (χ0n) is 15.3. The zero-order valence-corrected chi connectivity index (χ0v) is 15.3. The SMILES string of the molecule is CCCOc1ccc(C=O)c(OCC(=O)Nc2ccc(NC(C)=O)cc2)c1. The molecule has 2 N–H and O–H groups in total. The third-order valence-electron chi connectivity index (χ3n) is 3.43. The number of amides is 2. The molecule has 0 atom stereocenters. The second kappa shape index (κ2) is 9.96. The molecule has 0 unspecified atom stereocenters. The van der Waals surface area contributed by atoms with Crippen LogP contribution in [-0.2, 0) is 9.59 Å². The molecule has 0 spiro atoms. The Balaban J connectivity index is 1.94. The largest absolute Gasteiger partial charge is 0.493 e. The lowest BCUT2D eigenvalue weighted by atomic mass is 10.2. The molecule has 2 aromatic rings. The van der Waals surface area contributed by atoms with Crippen molar-refractivity contribution in [3.63, 3.8) is 0 Å². The highest BCUT2D eigenvalue weighted by Gasteiger charge is 2.09. The second-order valence-electron chi connectivity index (χ2n) is 5.76. The van der Waals surface area contributed by atoms with Gasteiger partial charge in [0.15, 0.2) is 12.9 Å². The Morgan fingerprint density at radius 1 is 1.00 bits per heavy atom. The molecular weight excluding hydrogens is 348 g/mol. The van der Waals surface area contributed by atoms with Gasteiger partial charge in [-0.15, -0.1) is 0 Å². The number of anilines is 2. The molecule has 142 valence electrons. The molecule has 2 amide bonds. The summed E-state index contributed by atoms with van der Waals surface area (Å²) in [6.45, 7) is 3.70. The van der Waals surface area contributed by atoms with Crippen molar-refractivity contribution >= 4 is 29.5 Å². The van der Waals surface area contributed by atoms with Crippen LogP contribution in [0.5, 0.6) is 11.5 Å².